The molecule has 8 nitrogen and oxygen atoms in total. The van der Waals surface area contributed by atoms with Gasteiger partial charge < -0.3 is 9.63 Å². The minimum atomic E-state index is -4.46. The lowest BCUT2D eigenvalue weighted by Gasteiger charge is -2.10. The van der Waals surface area contributed by atoms with Gasteiger partial charge in [-0.25, -0.2) is 8.42 Å². The van der Waals surface area contributed by atoms with Gasteiger partial charge in [-0.3, -0.25) is 4.79 Å². The average Bonchev–Trinajstić information content (AvgIpc) is 3.17. The molecule has 3 rings (SSSR count). The van der Waals surface area contributed by atoms with E-state index in [2.05, 4.69) is 10.1 Å². The van der Waals surface area contributed by atoms with Crippen LogP contribution in [0.15, 0.2) is 57.9 Å². The van der Waals surface area contributed by atoms with Crippen LogP contribution in [0.3, 0.4) is 0 Å². The second-order valence-corrected chi connectivity index (χ2v) is 7.92. The number of aliphatic carboxylic acids is 1. The van der Waals surface area contributed by atoms with Crippen LogP contribution in [0.4, 0.5) is 13.2 Å². The number of alkyl halides is 3. The van der Waals surface area contributed by atoms with Gasteiger partial charge in [0.25, 0.3) is 5.89 Å². The molecular weight excluding hydrogens is 427 g/mol. The normalized spacial score (nSPS) is 13.2. The molecule has 0 spiro atoms. The van der Waals surface area contributed by atoms with Crippen LogP contribution < -0.4 is 4.72 Å². The summed E-state index contributed by atoms with van der Waals surface area (Å²) in [6.45, 7) is 1.19. The number of hydrogen-bond acceptors (Lipinski definition) is 6. The van der Waals surface area contributed by atoms with Crippen LogP contribution in [0.5, 0.6) is 0 Å². The molecule has 0 saturated heterocycles. The maximum Gasteiger partial charge on any atom is 0.416 e. The lowest BCUT2D eigenvalue weighted by atomic mass is 10.1. The van der Waals surface area contributed by atoms with E-state index in [0.717, 1.165) is 12.1 Å². The number of nitrogens with zero attached hydrogens (tertiary/aromatic N) is 2. The molecule has 0 bridgehead atoms. The quantitative estimate of drug-likeness (QED) is 0.602. The molecule has 30 heavy (non-hydrogen) atoms. The first kappa shape index (κ1) is 21.5. The second kappa shape index (κ2) is 7.88. The zero-order valence-electron chi connectivity index (χ0n) is 15.2. The fraction of sp³-hybridized carbons (Fsp3) is 0.167. The first-order chi connectivity index (χ1) is 14.0. The van der Waals surface area contributed by atoms with Gasteiger partial charge in [-0.1, -0.05) is 17.3 Å². The van der Waals surface area contributed by atoms with E-state index in [0.29, 0.717) is 11.1 Å². The molecule has 1 aromatic heterocycles. The van der Waals surface area contributed by atoms with Crippen LogP contribution in [-0.2, 0) is 21.0 Å². The molecule has 3 aromatic rings. The Hall–Kier alpha value is -3.25. The second-order valence-electron chi connectivity index (χ2n) is 6.20. The third-order valence-electron chi connectivity index (χ3n) is 4.01. The molecule has 0 aliphatic rings. The van der Waals surface area contributed by atoms with Gasteiger partial charge in [-0.2, -0.15) is 22.9 Å². The average molecular weight is 441 g/mol. The molecule has 1 heterocycles. The van der Waals surface area contributed by atoms with Gasteiger partial charge >= 0.3 is 12.1 Å². The Balaban J connectivity index is 1.80. The van der Waals surface area contributed by atoms with Crippen molar-refractivity contribution in [3.05, 3.63) is 54.1 Å². The van der Waals surface area contributed by atoms with E-state index in [4.69, 9.17) is 9.63 Å². The zero-order valence-corrected chi connectivity index (χ0v) is 16.0. The smallest absolute Gasteiger partial charge is 0.416 e. The third kappa shape index (κ3) is 4.66. The fourth-order valence-electron chi connectivity index (χ4n) is 2.39. The number of carboxylic acid groups (broad SMARTS) is 1. The van der Waals surface area contributed by atoms with Crippen molar-refractivity contribution in [1.29, 1.82) is 0 Å². The molecular formula is C18H14F3N3O5S. The molecule has 2 N–H and O–H groups in total. The predicted octanol–water partition coefficient (Wildman–Crippen LogP) is 3.17. The monoisotopic (exact) mass is 441 g/mol. The highest BCUT2D eigenvalue weighted by molar-refractivity contribution is 7.89. The molecule has 2 aromatic carbocycles. The highest BCUT2D eigenvalue weighted by atomic mass is 32.2. The number of nitrogens with one attached hydrogen (secondary N) is 1. The van der Waals surface area contributed by atoms with Crippen molar-refractivity contribution in [2.75, 3.05) is 0 Å². The summed E-state index contributed by atoms with van der Waals surface area (Å²) in [6, 6.07) is 8.13. The Morgan fingerprint density at radius 3 is 2.17 bits per heavy atom. The highest BCUT2D eigenvalue weighted by Gasteiger charge is 2.30. The summed E-state index contributed by atoms with van der Waals surface area (Å²) in [4.78, 5) is 14.8. The molecule has 0 saturated carbocycles. The molecule has 12 heteroatoms. The molecule has 158 valence electrons. The van der Waals surface area contributed by atoms with Crippen molar-refractivity contribution in [3.63, 3.8) is 0 Å². The fourth-order valence-corrected chi connectivity index (χ4v) is 3.59. The highest BCUT2D eigenvalue weighted by Crippen LogP contribution is 2.31. The van der Waals surface area contributed by atoms with E-state index in [1.807, 2.05) is 4.72 Å². The van der Waals surface area contributed by atoms with E-state index in [-0.39, 0.29) is 16.6 Å². The van der Waals surface area contributed by atoms with Crippen LogP contribution in [-0.4, -0.2) is 35.7 Å². The van der Waals surface area contributed by atoms with Crippen LogP contribution in [0.2, 0.25) is 0 Å². The summed E-state index contributed by atoms with van der Waals surface area (Å²) in [6.07, 6.45) is -4.46. The summed E-state index contributed by atoms with van der Waals surface area (Å²) in [5, 5.41) is 12.5. The van der Waals surface area contributed by atoms with Crippen LogP contribution in [0, 0.1) is 0 Å². The minimum absolute atomic E-state index is 0.0284. The van der Waals surface area contributed by atoms with Gasteiger partial charge in [0.15, 0.2) is 0 Å². The summed E-state index contributed by atoms with van der Waals surface area (Å²) in [5.41, 5.74) is -0.132. The summed E-state index contributed by atoms with van der Waals surface area (Å²) >= 11 is 0. The minimum Gasteiger partial charge on any atom is -0.480 e. The Labute approximate surface area is 168 Å². The van der Waals surface area contributed by atoms with Crippen LogP contribution in [0.1, 0.15) is 12.5 Å². The molecule has 0 unspecified atom stereocenters. The Bertz CT molecular complexity index is 1160. The summed E-state index contributed by atoms with van der Waals surface area (Å²) in [5.74, 6) is -1.23. The number of halogens is 3. The summed E-state index contributed by atoms with van der Waals surface area (Å²) < 4.78 is 69.4. The first-order valence-corrected chi connectivity index (χ1v) is 9.82. The summed E-state index contributed by atoms with van der Waals surface area (Å²) in [7, 11) is -4.05. The topological polar surface area (TPSA) is 122 Å². The van der Waals surface area contributed by atoms with E-state index in [9.17, 15) is 26.4 Å². The van der Waals surface area contributed by atoms with Crippen molar-refractivity contribution in [2.24, 2.45) is 0 Å². The first-order valence-electron chi connectivity index (χ1n) is 8.34. The van der Waals surface area contributed by atoms with Crippen LogP contribution >= 0.6 is 0 Å². The van der Waals surface area contributed by atoms with Crippen molar-refractivity contribution >= 4 is 16.0 Å². The van der Waals surface area contributed by atoms with E-state index < -0.39 is 33.8 Å². The molecule has 0 amide bonds. The van der Waals surface area contributed by atoms with Crippen LogP contribution in [0.25, 0.3) is 22.8 Å². The lowest BCUT2D eigenvalue weighted by molar-refractivity contribution is -0.139. The van der Waals surface area contributed by atoms with Crippen molar-refractivity contribution in [2.45, 2.75) is 24.0 Å². The maximum absolute atomic E-state index is 12.6. The van der Waals surface area contributed by atoms with Gasteiger partial charge in [-0.05, 0) is 43.3 Å². The Morgan fingerprint density at radius 1 is 1.07 bits per heavy atom. The number of benzene rings is 2. The van der Waals surface area contributed by atoms with Gasteiger partial charge in [0, 0.05) is 11.1 Å². The zero-order chi connectivity index (χ0) is 22.1. The standard InChI is InChI=1S/C18H14F3N3O5S/c1-10(17(25)26)24-30(27,28)14-8-4-12(5-9-14)16-22-15(23-29-16)11-2-6-13(7-3-11)18(19,20)21/h2-10,24H,1H3,(H,25,26)/t10-/m1/s1. The third-order valence-corrected chi connectivity index (χ3v) is 5.57. The SMILES string of the molecule is C[C@@H](NS(=O)(=O)c1ccc(-c2nc(-c3ccc(C(F)(F)F)cc3)no2)cc1)C(=O)O. The molecule has 1 atom stereocenters. The maximum atomic E-state index is 12.6. The van der Waals surface area contributed by atoms with Crippen molar-refractivity contribution in [1.82, 2.24) is 14.9 Å². The predicted molar refractivity (Wildman–Crippen MR) is 97.6 cm³/mol. The Kier molecular flexibility index (Phi) is 5.63. The number of sulfonamides is 1. The van der Waals surface area contributed by atoms with Gasteiger partial charge in [0.1, 0.15) is 6.04 Å². The molecule has 0 radical (unpaired) electrons. The number of carbonyl (C=O) groups is 1. The van der Waals surface area contributed by atoms with Gasteiger partial charge in [-0.15, -0.1) is 0 Å². The Morgan fingerprint density at radius 2 is 1.63 bits per heavy atom. The number of rotatable bonds is 6. The van der Waals surface area contributed by atoms with Crippen molar-refractivity contribution < 1.29 is 36.0 Å². The number of hydrogen-bond donors (Lipinski definition) is 2. The largest absolute Gasteiger partial charge is 0.480 e. The number of aromatic nitrogens is 2. The van der Waals surface area contributed by atoms with Gasteiger partial charge in [0.05, 0.1) is 10.5 Å². The van der Waals surface area contributed by atoms with E-state index in [1.165, 1.54) is 43.3 Å². The van der Waals surface area contributed by atoms with E-state index in [1.54, 1.807) is 0 Å². The van der Waals surface area contributed by atoms with Crippen molar-refractivity contribution in [3.8, 4) is 22.8 Å². The molecule has 0 aliphatic heterocycles. The molecule has 0 aliphatic carbocycles. The molecule has 0 fully saturated rings. The lowest BCUT2D eigenvalue weighted by Crippen LogP contribution is -2.38. The van der Waals surface area contributed by atoms with Gasteiger partial charge in [0.2, 0.25) is 15.8 Å². The number of carboxylic acids is 1. The van der Waals surface area contributed by atoms with E-state index >= 15 is 0 Å².